The molecular weight excluding hydrogens is 541 g/mol. The lowest BCUT2D eigenvalue weighted by Crippen LogP contribution is -2.54. The number of amides is 3. The Kier molecular flexibility index (Phi) is 8.29. The third-order valence-corrected chi connectivity index (χ3v) is 7.36. The van der Waals surface area contributed by atoms with Crippen molar-refractivity contribution in [3.05, 3.63) is 70.3 Å². The molecule has 4 rings (SSSR count). The summed E-state index contributed by atoms with van der Waals surface area (Å²) in [5.41, 5.74) is 8.56. The first-order valence-electron chi connectivity index (χ1n) is 13.0. The smallest absolute Gasteiger partial charge is 0.401 e. The van der Waals surface area contributed by atoms with E-state index in [-0.39, 0.29) is 30.0 Å². The average Bonchev–Trinajstić information content (AvgIpc) is 3.50. The second kappa shape index (κ2) is 11.4. The van der Waals surface area contributed by atoms with Gasteiger partial charge in [-0.05, 0) is 31.4 Å². The average molecular weight is 575 g/mol. The number of imide groups is 1. The molecular formula is C28H33F3N6O4. The van der Waals surface area contributed by atoms with E-state index in [0.29, 0.717) is 29.1 Å². The van der Waals surface area contributed by atoms with Gasteiger partial charge in [0.1, 0.15) is 18.0 Å². The number of aryl methyl sites for hydroxylation is 1. The molecule has 1 saturated heterocycles. The fraction of sp³-hybridized carbons (Fsp3) is 0.429. The number of alkyl halides is 3. The van der Waals surface area contributed by atoms with E-state index in [1.165, 1.54) is 26.6 Å². The number of nitrogens with zero attached hydrogens (tertiary/aromatic N) is 5. The normalized spacial score (nSPS) is 17.6. The predicted octanol–water partition coefficient (Wildman–Crippen LogP) is 4.05. The molecule has 3 aromatic rings. The third kappa shape index (κ3) is 5.71. The summed E-state index contributed by atoms with van der Waals surface area (Å²) in [6.45, 7) is 3.74. The Labute approximate surface area is 235 Å². The quantitative estimate of drug-likeness (QED) is 0.472. The van der Waals surface area contributed by atoms with E-state index in [1.54, 1.807) is 25.8 Å². The third-order valence-electron chi connectivity index (χ3n) is 7.36. The Morgan fingerprint density at radius 1 is 1.10 bits per heavy atom. The number of hydrogen-bond donors (Lipinski definition) is 1. The van der Waals surface area contributed by atoms with Gasteiger partial charge in [0.05, 0.1) is 17.5 Å². The number of rotatable bonds is 6. The summed E-state index contributed by atoms with van der Waals surface area (Å²) < 4.78 is 49.6. The van der Waals surface area contributed by atoms with Crippen molar-refractivity contribution in [1.29, 1.82) is 0 Å². The number of aromatic nitrogens is 2. The Hall–Kier alpha value is -4.13. The first-order chi connectivity index (χ1) is 19.3. The van der Waals surface area contributed by atoms with Gasteiger partial charge in [-0.25, -0.2) is 4.79 Å². The van der Waals surface area contributed by atoms with E-state index in [4.69, 9.17) is 10.2 Å². The van der Waals surface area contributed by atoms with Crippen molar-refractivity contribution in [2.45, 2.75) is 45.5 Å². The monoisotopic (exact) mass is 574 g/mol. The minimum Gasteiger partial charge on any atom is -0.471 e. The summed E-state index contributed by atoms with van der Waals surface area (Å²) in [5, 5.41) is 4.42. The molecule has 41 heavy (non-hydrogen) atoms. The van der Waals surface area contributed by atoms with Crippen molar-refractivity contribution in [3.8, 4) is 0 Å². The minimum atomic E-state index is -4.95. The zero-order chi connectivity index (χ0) is 30.2. The lowest BCUT2D eigenvalue weighted by molar-refractivity contribution is -0.197. The molecule has 2 atom stereocenters. The SMILES string of the molecule is Cc1cocc1C(=O)n1nc(C2CCN(C(=O)N(C)C)C(=O)C2C(F)(F)F)c(C)c1N(C)Cc1ccc(CN)cc1. The molecule has 1 aliphatic rings. The number of likely N-dealkylation sites (tertiary alicyclic amines) is 1. The number of benzene rings is 1. The van der Waals surface area contributed by atoms with Gasteiger partial charge in [0.2, 0.25) is 5.91 Å². The maximum absolute atomic E-state index is 14.4. The topological polar surface area (TPSA) is 118 Å². The van der Waals surface area contributed by atoms with Crippen LogP contribution >= 0.6 is 0 Å². The Morgan fingerprint density at radius 2 is 1.73 bits per heavy atom. The molecule has 2 aromatic heterocycles. The van der Waals surface area contributed by atoms with Crippen LogP contribution in [0.4, 0.5) is 23.8 Å². The van der Waals surface area contributed by atoms with E-state index >= 15 is 0 Å². The van der Waals surface area contributed by atoms with Gasteiger partial charge in [-0.15, -0.1) is 0 Å². The fourth-order valence-electron chi connectivity index (χ4n) is 5.25. The van der Waals surface area contributed by atoms with E-state index < -0.39 is 35.9 Å². The van der Waals surface area contributed by atoms with Crippen LogP contribution < -0.4 is 10.6 Å². The van der Waals surface area contributed by atoms with Gasteiger partial charge in [0.15, 0.2) is 0 Å². The standard InChI is InChI=1S/C28H33F3N6O4/c1-16-14-41-15-21(16)25(38)37-24(35(5)13-19-8-6-18(12-32)7-9-19)17(2)23(33-37)20-10-11-36(27(40)34(3)4)26(39)22(20)28(29,30)31/h6-9,14-15,20,22H,10-13,32H2,1-5H3. The van der Waals surface area contributed by atoms with Crippen LogP contribution in [-0.2, 0) is 17.9 Å². The van der Waals surface area contributed by atoms with Crippen LogP contribution in [0.25, 0.3) is 0 Å². The highest BCUT2D eigenvalue weighted by atomic mass is 19.4. The van der Waals surface area contributed by atoms with Gasteiger partial charge in [-0.3, -0.25) is 14.5 Å². The number of carbonyl (C=O) groups excluding carboxylic acids is 3. The summed E-state index contributed by atoms with van der Waals surface area (Å²) >= 11 is 0. The molecule has 0 saturated carbocycles. The number of hydrogen-bond acceptors (Lipinski definition) is 7. The van der Waals surface area contributed by atoms with Gasteiger partial charge >= 0.3 is 12.2 Å². The Balaban J connectivity index is 1.81. The van der Waals surface area contributed by atoms with Crippen molar-refractivity contribution in [2.75, 3.05) is 32.6 Å². The van der Waals surface area contributed by atoms with Crippen LogP contribution in [0, 0.1) is 19.8 Å². The summed E-state index contributed by atoms with van der Waals surface area (Å²) in [6.07, 6.45) is -2.47. The molecule has 2 unspecified atom stereocenters. The number of piperidine rings is 1. The number of urea groups is 1. The Bertz CT molecular complexity index is 1440. The second-order valence-corrected chi connectivity index (χ2v) is 10.5. The molecule has 1 aromatic carbocycles. The van der Waals surface area contributed by atoms with Crippen LogP contribution in [0.15, 0.2) is 41.2 Å². The van der Waals surface area contributed by atoms with Gasteiger partial charge in [-0.2, -0.15) is 23.0 Å². The maximum Gasteiger partial charge on any atom is 0.401 e. The van der Waals surface area contributed by atoms with Crippen molar-refractivity contribution >= 4 is 23.7 Å². The van der Waals surface area contributed by atoms with E-state index in [9.17, 15) is 27.6 Å². The zero-order valence-corrected chi connectivity index (χ0v) is 23.5. The highest BCUT2D eigenvalue weighted by Gasteiger charge is 2.56. The molecule has 1 aliphatic heterocycles. The van der Waals surface area contributed by atoms with Crippen LogP contribution in [-0.4, -0.2) is 71.3 Å². The lowest BCUT2D eigenvalue weighted by atomic mass is 9.80. The molecule has 10 nitrogen and oxygen atoms in total. The lowest BCUT2D eigenvalue weighted by Gasteiger charge is -2.38. The van der Waals surface area contributed by atoms with Crippen molar-refractivity contribution in [1.82, 2.24) is 19.6 Å². The van der Waals surface area contributed by atoms with Crippen LogP contribution in [0.3, 0.4) is 0 Å². The largest absolute Gasteiger partial charge is 0.471 e. The summed E-state index contributed by atoms with van der Waals surface area (Å²) in [7, 11) is 4.44. The molecule has 0 aliphatic carbocycles. The second-order valence-electron chi connectivity index (χ2n) is 10.5. The van der Waals surface area contributed by atoms with Gasteiger partial charge in [0, 0.05) is 57.8 Å². The number of nitrogens with two attached hydrogens (primary N) is 1. The highest BCUT2D eigenvalue weighted by molar-refractivity contribution is 5.99. The molecule has 0 spiro atoms. The van der Waals surface area contributed by atoms with Gasteiger partial charge in [0.25, 0.3) is 5.91 Å². The number of carbonyl (C=O) groups is 3. The van der Waals surface area contributed by atoms with Gasteiger partial charge in [-0.1, -0.05) is 24.3 Å². The van der Waals surface area contributed by atoms with Crippen molar-refractivity contribution < 1.29 is 32.0 Å². The predicted molar refractivity (Wildman–Crippen MR) is 144 cm³/mol. The number of halogens is 3. The van der Waals surface area contributed by atoms with Gasteiger partial charge < -0.3 is 20.0 Å². The maximum atomic E-state index is 14.4. The minimum absolute atomic E-state index is 0.0209. The van der Waals surface area contributed by atoms with Crippen LogP contribution in [0.5, 0.6) is 0 Å². The first-order valence-corrected chi connectivity index (χ1v) is 13.0. The highest BCUT2D eigenvalue weighted by Crippen LogP contribution is 2.45. The Morgan fingerprint density at radius 3 is 2.27 bits per heavy atom. The molecule has 0 radical (unpaired) electrons. The molecule has 2 N–H and O–H groups in total. The first kappa shape index (κ1) is 29.8. The molecule has 1 fully saturated rings. The van der Waals surface area contributed by atoms with E-state index in [2.05, 4.69) is 5.10 Å². The number of furan rings is 1. The molecule has 0 bridgehead atoms. The summed E-state index contributed by atoms with van der Waals surface area (Å²) in [6, 6.07) is 6.69. The van der Waals surface area contributed by atoms with Crippen LogP contribution in [0.1, 0.15) is 50.6 Å². The zero-order valence-electron chi connectivity index (χ0n) is 23.5. The summed E-state index contributed by atoms with van der Waals surface area (Å²) in [4.78, 5) is 42.7. The molecule has 3 amide bonds. The fourth-order valence-corrected chi connectivity index (χ4v) is 5.25. The van der Waals surface area contributed by atoms with Crippen molar-refractivity contribution in [2.24, 2.45) is 11.7 Å². The van der Waals surface area contributed by atoms with Crippen molar-refractivity contribution in [3.63, 3.8) is 0 Å². The van der Waals surface area contributed by atoms with Crippen LogP contribution in [0.2, 0.25) is 0 Å². The number of anilines is 1. The van der Waals surface area contributed by atoms with E-state index in [1.807, 2.05) is 24.3 Å². The molecule has 13 heteroatoms. The summed E-state index contributed by atoms with van der Waals surface area (Å²) in [5.74, 6) is -5.54. The molecule has 220 valence electrons. The van der Waals surface area contributed by atoms with E-state index in [0.717, 1.165) is 20.7 Å². The molecule has 3 heterocycles.